The molecule has 0 aromatic heterocycles. The van der Waals surface area contributed by atoms with E-state index in [0.29, 0.717) is 24.7 Å². The smallest absolute Gasteiger partial charge is 0.258 e. The van der Waals surface area contributed by atoms with Gasteiger partial charge in [0.2, 0.25) is 0 Å². The van der Waals surface area contributed by atoms with Crippen LogP contribution < -0.4 is 19.5 Å². The number of hydrogen-bond donors (Lipinski definition) is 1. The van der Waals surface area contributed by atoms with Gasteiger partial charge < -0.3 is 19.5 Å². The standard InChI is InChI=1S/C20H22FNO4/c1-13(2)20(14-7-8-17-18(11-14)25-10-9-24-17)22-19(23)12-26-16-6-4-3-5-15(16)21/h3-8,11,13,20H,9-10,12H2,1-2H3,(H,22,23)/t20-/m1/s1. The van der Waals surface area contributed by atoms with E-state index in [1.54, 1.807) is 12.1 Å². The lowest BCUT2D eigenvalue weighted by molar-refractivity contribution is -0.124. The molecule has 3 rings (SSSR count). The maximum atomic E-state index is 13.6. The van der Waals surface area contributed by atoms with Crippen molar-refractivity contribution < 1.29 is 23.4 Å². The first-order chi connectivity index (χ1) is 12.5. The highest BCUT2D eigenvalue weighted by Crippen LogP contribution is 2.34. The van der Waals surface area contributed by atoms with Gasteiger partial charge in [-0.25, -0.2) is 4.39 Å². The molecule has 138 valence electrons. The number of hydrogen-bond acceptors (Lipinski definition) is 4. The molecule has 0 aliphatic carbocycles. The lowest BCUT2D eigenvalue weighted by Gasteiger charge is -2.25. The van der Waals surface area contributed by atoms with Gasteiger partial charge in [-0.1, -0.05) is 32.0 Å². The molecule has 1 atom stereocenters. The van der Waals surface area contributed by atoms with Crippen molar-refractivity contribution in [2.24, 2.45) is 5.92 Å². The minimum absolute atomic E-state index is 0.0584. The monoisotopic (exact) mass is 359 g/mol. The first-order valence-corrected chi connectivity index (χ1v) is 8.61. The number of nitrogens with one attached hydrogen (secondary N) is 1. The number of ether oxygens (including phenoxy) is 3. The molecule has 2 aromatic carbocycles. The molecular formula is C20H22FNO4. The summed E-state index contributed by atoms with van der Waals surface area (Å²) in [4.78, 5) is 12.3. The van der Waals surface area contributed by atoms with Crippen LogP contribution in [0.4, 0.5) is 4.39 Å². The summed E-state index contributed by atoms with van der Waals surface area (Å²) in [6.45, 7) is 4.81. The van der Waals surface area contributed by atoms with Crippen molar-refractivity contribution in [2.45, 2.75) is 19.9 Å². The summed E-state index contributed by atoms with van der Waals surface area (Å²) in [5.74, 6) is 0.778. The second-order valence-corrected chi connectivity index (χ2v) is 6.41. The Labute approximate surface area is 152 Å². The van der Waals surface area contributed by atoms with Crippen molar-refractivity contribution in [3.63, 3.8) is 0 Å². The number of amides is 1. The molecule has 5 nitrogen and oxygen atoms in total. The molecule has 0 radical (unpaired) electrons. The second kappa shape index (κ2) is 8.08. The molecular weight excluding hydrogens is 337 g/mol. The van der Waals surface area contributed by atoms with Crippen LogP contribution in [0, 0.1) is 11.7 Å². The average Bonchev–Trinajstić information content (AvgIpc) is 2.65. The fraction of sp³-hybridized carbons (Fsp3) is 0.350. The molecule has 1 heterocycles. The van der Waals surface area contributed by atoms with Gasteiger partial charge in [-0.05, 0) is 35.7 Å². The van der Waals surface area contributed by atoms with E-state index in [4.69, 9.17) is 14.2 Å². The topological polar surface area (TPSA) is 56.8 Å². The van der Waals surface area contributed by atoms with E-state index >= 15 is 0 Å². The largest absolute Gasteiger partial charge is 0.486 e. The summed E-state index contributed by atoms with van der Waals surface area (Å²) in [6.07, 6.45) is 0. The van der Waals surface area contributed by atoms with Crippen LogP contribution in [0.25, 0.3) is 0 Å². The fourth-order valence-corrected chi connectivity index (χ4v) is 2.81. The quantitative estimate of drug-likeness (QED) is 0.858. The molecule has 0 spiro atoms. The lowest BCUT2D eigenvalue weighted by Crippen LogP contribution is -2.35. The number of halogens is 1. The zero-order chi connectivity index (χ0) is 18.5. The van der Waals surface area contributed by atoms with Crippen molar-refractivity contribution in [3.05, 3.63) is 53.8 Å². The Morgan fingerprint density at radius 1 is 1.15 bits per heavy atom. The number of rotatable bonds is 6. The third kappa shape index (κ3) is 4.25. The molecule has 1 amide bonds. The molecule has 0 unspecified atom stereocenters. The molecule has 1 aliphatic rings. The van der Waals surface area contributed by atoms with Crippen LogP contribution in [0.5, 0.6) is 17.2 Å². The maximum absolute atomic E-state index is 13.6. The molecule has 2 aromatic rings. The van der Waals surface area contributed by atoms with Crippen molar-refractivity contribution in [2.75, 3.05) is 19.8 Å². The Bertz CT molecular complexity index is 778. The van der Waals surface area contributed by atoms with Crippen molar-refractivity contribution in [1.82, 2.24) is 5.32 Å². The van der Waals surface area contributed by atoms with Gasteiger partial charge >= 0.3 is 0 Å². The molecule has 0 saturated carbocycles. The summed E-state index contributed by atoms with van der Waals surface area (Å²) in [5.41, 5.74) is 0.920. The SMILES string of the molecule is CC(C)[C@@H](NC(=O)COc1ccccc1F)c1ccc2c(c1)OCCO2. The van der Waals surface area contributed by atoms with Crippen LogP contribution in [0.1, 0.15) is 25.5 Å². The van der Waals surface area contributed by atoms with Gasteiger partial charge in [-0.3, -0.25) is 4.79 Å². The Balaban J connectivity index is 1.66. The van der Waals surface area contributed by atoms with Crippen LogP contribution in [0.15, 0.2) is 42.5 Å². The van der Waals surface area contributed by atoms with Crippen molar-refractivity contribution >= 4 is 5.91 Å². The van der Waals surface area contributed by atoms with Crippen LogP contribution in [0.2, 0.25) is 0 Å². The minimum atomic E-state index is -0.493. The normalized spacial score (nSPS) is 14.0. The van der Waals surface area contributed by atoms with Gasteiger partial charge in [0.1, 0.15) is 13.2 Å². The minimum Gasteiger partial charge on any atom is -0.486 e. The summed E-state index contributed by atoms with van der Waals surface area (Å²) >= 11 is 0. The zero-order valence-corrected chi connectivity index (χ0v) is 14.8. The molecule has 0 bridgehead atoms. The van der Waals surface area contributed by atoms with Crippen LogP contribution in [-0.2, 0) is 4.79 Å². The van der Waals surface area contributed by atoms with Gasteiger partial charge in [0.25, 0.3) is 5.91 Å². The Morgan fingerprint density at radius 3 is 2.62 bits per heavy atom. The van der Waals surface area contributed by atoms with Gasteiger partial charge in [0, 0.05) is 0 Å². The highest BCUT2D eigenvalue weighted by molar-refractivity contribution is 5.78. The lowest BCUT2D eigenvalue weighted by atomic mass is 9.95. The van der Waals surface area contributed by atoms with E-state index in [1.165, 1.54) is 12.1 Å². The number of fused-ring (bicyclic) bond motifs is 1. The summed E-state index contributed by atoms with van der Waals surface area (Å²) in [5, 5.41) is 2.95. The van der Waals surface area contributed by atoms with E-state index in [1.807, 2.05) is 32.0 Å². The zero-order valence-electron chi connectivity index (χ0n) is 14.8. The van der Waals surface area contributed by atoms with Gasteiger partial charge in [-0.2, -0.15) is 0 Å². The van der Waals surface area contributed by atoms with Crippen molar-refractivity contribution in [1.29, 1.82) is 0 Å². The van der Waals surface area contributed by atoms with E-state index in [9.17, 15) is 9.18 Å². The van der Waals surface area contributed by atoms with E-state index in [0.717, 1.165) is 5.56 Å². The molecule has 0 fully saturated rings. The van der Waals surface area contributed by atoms with Crippen LogP contribution >= 0.6 is 0 Å². The second-order valence-electron chi connectivity index (χ2n) is 6.41. The highest BCUT2D eigenvalue weighted by atomic mass is 19.1. The maximum Gasteiger partial charge on any atom is 0.258 e. The molecule has 26 heavy (non-hydrogen) atoms. The fourth-order valence-electron chi connectivity index (χ4n) is 2.81. The number of para-hydroxylation sites is 1. The highest BCUT2D eigenvalue weighted by Gasteiger charge is 2.21. The summed E-state index contributed by atoms with van der Waals surface area (Å²) < 4.78 is 30.0. The predicted molar refractivity (Wildman–Crippen MR) is 95.0 cm³/mol. The average molecular weight is 359 g/mol. The Hall–Kier alpha value is -2.76. The predicted octanol–water partition coefficient (Wildman–Crippen LogP) is 3.49. The van der Waals surface area contributed by atoms with E-state index < -0.39 is 5.82 Å². The Morgan fingerprint density at radius 2 is 1.88 bits per heavy atom. The van der Waals surface area contributed by atoms with E-state index in [2.05, 4.69) is 5.32 Å². The number of benzene rings is 2. The molecule has 0 saturated heterocycles. The van der Waals surface area contributed by atoms with Crippen molar-refractivity contribution in [3.8, 4) is 17.2 Å². The third-order valence-corrected chi connectivity index (χ3v) is 4.10. The molecule has 6 heteroatoms. The van der Waals surface area contributed by atoms with Gasteiger partial charge in [0.05, 0.1) is 6.04 Å². The van der Waals surface area contributed by atoms with E-state index in [-0.39, 0.29) is 30.2 Å². The molecule has 1 N–H and O–H groups in total. The Kier molecular flexibility index (Phi) is 5.61. The number of carbonyl (C=O) groups is 1. The van der Waals surface area contributed by atoms with Gasteiger partial charge in [0.15, 0.2) is 29.7 Å². The number of carbonyl (C=O) groups excluding carboxylic acids is 1. The van der Waals surface area contributed by atoms with Crippen LogP contribution in [-0.4, -0.2) is 25.7 Å². The summed E-state index contributed by atoms with van der Waals surface area (Å²) in [7, 11) is 0. The summed E-state index contributed by atoms with van der Waals surface area (Å²) in [6, 6.07) is 11.4. The molecule has 1 aliphatic heterocycles. The third-order valence-electron chi connectivity index (χ3n) is 4.10. The van der Waals surface area contributed by atoms with Crippen LogP contribution in [0.3, 0.4) is 0 Å². The van der Waals surface area contributed by atoms with Gasteiger partial charge in [-0.15, -0.1) is 0 Å². The first kappa shape index (κ1) is 18.0. The first-order valence-electron chi connectivity index (χ1n) is 8.61.